The summed E-state index contributed by atoms with van der Waals surface area (Å²) in [6.45, 7) is 13.5. The van der Waals surface area contributed by atoms with Gasteiger partial charge in [-0.1, -0.05) is 43.2 Å². The minimum Gasteiger partial charge on any atom is -0.316 e. The molecule has 0 saturated carbocycles. The summed E-state index contributed by atoms with van der Waals surface area (Å²) in [5.41, 5.74) is 7.43. The van der Waals surface area contributed by atoms with Crippen molar-refractivity contribution < 1.29 is 0 Å². The van der Waals surface area contributed by atoms with Crippen molar-refractivity contribution in [3.05, 3.63) is 40.0 Å². The normalized spacial score (nSPS) is 21.3. The molecule has 0 radical (unpaired) electrons. The first-order valence-electron chi connectivity index (χ1n) is 6.90. The van der Waals surface area contributed by atoms with Crippen molar-refractivity contribution in [3.8, 4) is 0 Å². The van der Waals surface area contributed by atoms with Gasteiger partial charge in [-0.15, -0.1) is 0 Å². The average Bonchev–Trinajstić information content (AvgIpc) is 2.24. The van der Waals surface area contributed by atoms with Gasteiger partial charge in [-0.2, -0.15) is 0 Å². The second-order valence-corrected chi connectivity index (χ2v) is 6.29. The first kappa shape index (κ1) is 13.4. The number of hydrogen-bond donors (Lipinski definition) is 1. The van der Waals surface area contributed by atoms with Crippen molar-refractivity contribution in [2.45, 2.75) is 41.0 Å². The number of aryl methyl sites for hydroxylation is 3. The molecule has 1 saturated heterocycles. The molecule has 1 aromatic carbocycles. The Morgan fingerprint density at radius 1 is 1.11 bits per heavy atom. The van der Waals surface area contributed by atoms with E-state index in [0.717, 1.165) is 13.1 Å². The Morgan fingerprint density at radius 3 is 2.28 bits per heavy atom. The maximum Gasteiger partial charge on any atom is 0.00401 e. The van der Waals surface area contributed by atoms with E-state index in [9.17, 15) is 0 Å². The van der Waals surface area contributed by atoms with E-state index < -0.39 is 0 Å². The second-order valence-electron chi connectivity index (χ2n) is 6.29. The van der Waals surface area contributed by atoms with Gasteiger partial charge in [0.2, 0.25) is 0 Å². The van der Waals surface area contributed by atoms with Crippen molar-refractivity contribution in [2.75, 3.05) is 13.1 Å². The maximum atomic E-state index is 3.49. The molecule has 1 heterocycles. The zero-order valence-electron chi connectivity index (χ0n) is 12.4. The van der Waals surface area contributed by atoms with Crippen LogP contribution in [0.5, 0.6) is 0 Å². The summed E-state index contributed by atoms with van der Waals surface area (Å²) in [4.78, 5) is 0. The Bertz CT molecular complexity index is 457. The van der Waals surface area contributed by atoms with Gasteiger partial charge in [-0.05, 0) is 55.8 Å². The van der Waals surface area contributed by atoms with E-state index >= 15 is 0 Å². The van der Waals surface area contributed by atoms with Crippen LogP contribution in [0.15, 0.2) is 17.7 Å². The summed E-state index contributed by atoms with van der Waals surface area (Å²) in [5, 5.41) is 3.49. The molecule has 0 unspecified atom stereocenters. The first-order valence-corrected chi connectivity index (χ1v) is 6.90. The molecule has 1 aliphatic heterocycles. The summed E-state index contributed by atoms with van der Waals surface area (Å²) >= 11 is 0. The van der Waals surface area contributed by atoms with Crippen LogP contribution < -0.4 is 5.32 Å². The lowest BCUT2D eigenvalue weighted by Gasteiger charge is -2.34. The standard InChI is InChI=1S/C17H25N/c1-12-8-13(2)16(14(3)9-12)10-15-6-7-18-11-17(15,4)5/h8-10,18H,6-7,11H2,1-5H3/b15-10-. The Kier molecular flexibility index (Phi) is 3.63. The van der Waals surface area contributed by atoms with Crippen LogP contribution >= 0.6 is 0 Å². The van der Waals surface area contributed by atoms with Crippen LogP contribution in [-0.4, -0.2) is 13.1 Å². The number of piperidine rings is 1. The third-order valence-corrected chi connectivity index (χ3v) is 4.06. The van der Waals surface area contributed by atoms with Crippen molar-refractivity contribution in [1.29, 1.82) is 0 Å². The lowest BCUT2D eigenvalue weighted by Crippen LogP contribution is -2.37. The van der Waals surface area contributed by atoms with Crippen LogP contribution in [0.1, 0.15) is 42.5 Å². The summed E-state index contributed by atoms with van der Waals surface area (Å²) in [5.74, 6) is 0. The molecule has 1 nitrogen and oxygen atoms in total. The van der Waals surface area contributed by atoms with Gasteiger partial charge in [0.25, 0.3) is 0 Å². The predicted molar refractivity (Wildman–Crippen MR) is 79.9 cm³/mol. The van der Waals surface area contributed by atoms with E-state index in [1.165, 1.54) is 28.7 Å². The fourth-order valence-electron chi connectivity index (χ4n) is 2.94. The molecule has 0 spiro atoms. The fraction of sp³-hybridized carbons (Fsp3) is 0.529. The smallest absolute Gasteiger partial charge is 0.00401 e. The Hall–Kier alpha value is -1.08. The monoisotopic (exact) mass is 243 g/mol. The summed E-state index contributed by atoms with van der Waals surface area (Å²) in [6.07, 6.45) is 3.60. The quantitative estimate of drug-likeness (QED) is 0.785. The molecule has 0 atom stereocenters. The van der Waals surface area contributed by atoms with Gasteiger partial charge < -0.3 is 5.32 Å². The molecule has 2 rings (SSSR count). The largest absolute Gasteiger partial charge is 0.316 e. The van der Waals surface area contributed by atoms with Crippen molar-refractivity contribution >= 4 is 6.08 Å². The first-order chi connectivity index (χ1) is 8.40. The number of hydrogen-bond acceptors (Lipinski definition) is 1. The van der Waals surface area contributed by atoms with Gasteiger partial charge in [0.15, 0.2) is 0 Å². The second kappa shape index (κ2) is 4.89. The molecule has 0 bridgehead atoms. The van der Waals surface area contributed by atoms with Gasteiger partial charge in [0.05, 0.1) is 0 Å². The molecule has 0 aromatic heterocycles. The molecule has 18 heavy (non-hydrogen) atoms. The van der Waals surface area contributed by atoms with E-state index in [1.54, 1.807) is 5.57 Å². The van der Waals surface area contributed by atoms with Crippen LogP contribution in [0, 0.1) is 26.2 Å². The van der Waals surface area contributed by atoms with E-state index in [4.69, 9.17) is 0 Å². The van der Waals surface area contributed by atoms with Crippen molar-refractivity contribution in [2.24, 2.45) is 5.41 Å². The zero-order valence-corrected chi connectivity index (χ0v) is 12.4. The highest BCUT2D eigenvalue weighted by atomic mass is 14.9. The van der Waals surface area contributed by atoms with E-state index in [0.29, 0.717) is 0 Å². The van der Waals surface area contributed by atoms with Crippen molar-refractivity contribution in [3.63, 3.8) is 0 Å². The van der Waals surface area contributed by atoms with Crippen molar-refractivity contribution in [1.82, 2.24) is 5.32 Å². The van der Waals surface area contributed by atoms with Gasteiger partial charge in [-0.25, -0.2) is 0 Å². The Labute approximate surface area is 111 Å². The third kappa shape index (κ3) is 2.67. The molecular weight excluding hydrogens is 218 g/mol. The molecule has 1 heteroatoms. The van der Waals surface area contributed by atoms with Crippen LogP contribution in [0.2, 0.25) is 0 Å². The minimum atomic E-state index is 0.280. The fourth-order valence-corrected chi connectivity index (χ4v) is 2.94. The molecule has 1 fully saturated rings. The van der Waals surface area contributed by atoms with Crippen LogP contribution in [-0.2, 0) is 0 Å². The highest BCUT2D eigenvalue weighted by Crippen LogP contribution is 2.33. The number of rotatable bonds is 1. The predicted octanol–water partition coefficient (Wildman–Crippen LogP) is 4.01. The molecule has 98 valence electrons. The lowest BCUT2D eigenvalue weighted by atomic mass is 9.78. The summed E-state index contributed by atoms with van der Waals surface area (Å²) in [6, 6.07) is 4.57. The summed E-state index contributed by atoms with van der Waals surface area (Å²) < 4.78 is 0. The number of nitrogens with one attached hydrogen (secondary N) is 1. The molecular formula is C17H25N. The molecule has 0 amide bonds. The molecule has 1 aliphatic rings. The van der Waals surface area contributed by atoms with Gasteiger partial charge >= 0.3 is 0 Å². The van der Waals surface area contributed by atoms with E-state index in [-0.39, 0.29) is 5.41 Å². The number of benzene rings is 1. The maximum absolute atomic E-state index is 3.49. The van der Waals surface area contributed by atoms with Crippen LogP contribution in [0.3, 0.4) is 0 Å². The van der Waals surface area contributed by atoms with Crippen LogP contribution in [0.4, 0.5) is 0 Å². The minimum absolute atomic E-state index is 0.280. The Morgan fingerprint density at radius 2 is 1.72 bits per heavy atom. The molecule has 0 aliphatic carbocycles. The highest BCUT2D eigenvalue weighted by Gasteiger charge is 2.26. The molecule has 1 aromatic rings. The highest BCUT2D eigenvalue weighted by molar-refractivity contribution is 5.62. The van der Waals surface area contributed by atoms with E-state index in [1.807, 2.05) is 0 Å². The molecule has 1 N–H and O–H groups in total. The summed E-state index contributed by atoms with van der Waals surface area (Å²) in [7, 11) is 0. The van der Waals surface area contributed by atoms with Gasteiger partial charge in [-0.3, -0.25) is 0 Å². The van der Waals surface area contributed by atoms with Crippen LogP contribution in [0.25, 0.3) is 6.08 Å². The lowest BCUT2D eigenvalue weighted by molar-refractivity contribution is 0.360. The third-order valence-electron chi connectivity index (χ3n) is 4.06. The average molecular weight is 243 g/mol. The topological polar surface area (TPSA) is 12.0 Å². The zero-order chi connectivity index (χ0) is 13.3. The Balaban J connectivity index is 2.44. The van der Waals surface area contributed by atoms with Gasteiger partial charge in [0.1, 0.15) is 0 Å². The van der Waals surface area contributed by atoms with E-state index in [2.05, 4.69) is 58.1 Å². The SMILES string of the molecule is Cc1cc(C)c(/C=C2/CCNCC2(C)C)c(C)c1. The van der Waals surface area contributed by atoms with Gasteiger partial charge in [0, 0.05) is 6.54 Å².